The Labute approximate surface area is 190 Å². The van der Waals surface area contributed by atoms with Crippen LogP contribution in [0.4, 0.5) is 0 Å². The van der Waals surface area contributed by atoms with Gasteiger partial charge in [-0.25, -0.2) is 0 Å². The number of rotatable bonds is 6. The number of nitrogens with zero attached hydrogens (tertiary/aromatic N) is 2. The molecule has 0 aliphatic carbocycles. The van der Waals surface area contributed by atoms with Crippen LogP contribution in [-0.2, 0) is 11.3 Å². The van der Waals surface area contributed by atoms with Gasteiger partial charge in [-0.1, -0.05) is 41.9 Å². The van der Waals surface area contributed by atoms with E-state index in [1.54, 1.807) is 23.6 Å². The minimum absolute atomic E-state index is 0.112. The van der Waals surface area contributed by atoms with E-state index in [2.05, 4.69) is 22.0 Å². The van der Waals surface area contributed by atoms with Gasteiger partial charge in [0, 0.05) is 43.3 Å². The molecule has 1 aromatic carbocycles. The number of carbonyl (C=O) groups excluding carboxylic acids is 1. The van der Waals surface area contributed by atoms with Crippen molar-refractivity contribution in [1.82, 2.24) is 14.8 Å². The Morgan fingerprint density at radius 1 is 1.06 bits per heavy atom. The molecule has 4 rings (SSSR count). The van der Waals surface area contributed by atoms with Crippen LogP contribution in [0.1, 0.15) is 17.4 Å². The topological polar surface area (TPSA) is 56.4 Å². The lowest BCUT2D eigenvalue weighted by Crippen LogP contribution is -2.55. The van der Waals surface area contributed by atoms with Crippen LogP contribution in [0.5, 0.6) is 0 Å². The molecule has 1 atom stereocenters. The van der Waals surface area contributed by atoms with E-state index in [4.69, 9.17) is 11.6 Å². The second-order valence-electron chi connectivity index (χ2n) is 7.61. The fraction of sp³-hybridized carbons (Fsp3) is 0.250. The summed E-state index contributed by atoms with van der Waals surface area (Å²) < 4.78 is 0.781. The Hall–Kier alpha value is -2.67. The highest BCUT2D eigenvalue weighted by Gasteiger charge is 2.30. The molecule has 1 aliphatic rings. The molecule has 2 aromatic heterocycles. The van der Waals surface area contributed by atoms with E-state index in [-0.39, 0.29) is 17.5 Å². The summed E-state index contributed by atoms with van der Waals surface area (Å²) in [6.45, 7) is 4.88. The van der Waals surface area contributed by atoms with Gasteiger partial charge in [0.2, 0.25) is 11.5 Å². The normalized spacial score (nSPS) is 17.5. The molecule has 1 N–H and O–H groups in total. The van der Waals surface area contributed by atoms with Gasteiger partial charge in [0.1, 0.15) is 0 Å². The minimum atomic E-state index is -0.147. The van der Waals surface area contributed by atoms with Crippen molar-refractivity contribution in [2.45, 2.75) is 19.5 Å². The molecule has 3 aromatic rings. The molecule has 0 radical (unpaired) electrons. The number of hydrogen-bond acceptors (Lipinski definition) is 4. The number of thiophene rings is 1. The maximum atomic E-state index is 12.9. The average Bonchev–Trinajstić information content (AvgIpc) is 3.19. The molecular weight excluding hydrogens is 430 g/mol. The first-order valence-electron chi connectivity index (χ1n) is 10.2. The average molecular weight is 454 g/mol. The van der Waals surface area contributed by atoms with Crippen molar-refractivity contribution in [3.8, 4) is 11.1 Å². The van der Waals surface area contributed by atoms with E-state index in [9.17, 15) is 9.59 Å². The van der Waals surface area contributed by atoms with Crippen LogP contribution in [-0.4, -0.2) is 46.4 Å². The SMILES string of the molecule is C[C@H]1C(=O)N(Cc2ccc(-c3ccc(=O)[nH]c3)cc2)CCN1CC=Cc1ccc(Cl)s1. The van der Waals surface area contributed by atoms with Gasteiger partial charge in [0.15, 0.2) is 0 Å². The summed E-state index contributed by atoms with van der Waals surface area (Å²) in [6.07, 6.45) is 5.87. The number of halogens is 1. The number of aromatic amines is 1. The lowest BCUT2D eigenvalue weighted by atomic mass is 10.0. The lowest BCUT2D eigenvalue weighted by molar-refractivity contribution is -0.141. The highest BCUT2D eigenvalue weighted by atomic mass is 35.5. The van der Waals surface area contributed by atoms with Crippen molar-refractivity contribution >= 4 is 34.9 Å². The first-order valence-corrected chi connectivity index (χ1v) is 11.4. The molecular formula is C24H24ClN3O2S. The third-order valence-electron chi connectivity index (χ3n) is 5.53. The van der Waals surface area contributed by atoms with E-state index in [1.807, 2.05) is 48.2 Å². The fourth-order valence-electron chi connectivity index (χ4n) is 3.72. The van der Waals surface area contributed by atoms with Crippen LogP contribution in [0.15, 0.2) is 65.6 Å². The van der Waals surface area contributed by atoms with E-state index in [0.29, 0.717) is 13.1 Å². The molecule has 1 saturated heterocycles. The number of carbonyl (C=O) groups is 1. The summed E-state index contributed by atoms with van der Waals surface area (Å²) in [6, 6.07) is 15.2. The van der Waals surface area contributed by atoms with Crippen LogP contribution in [0.2, 0.25) is 4.34 Å². The van der Waals surface area contributed by atoms with Crippen molar-refractivity contribution in [2.24, 2.45) is 0 Å². The number of H-pyrrole nitrogens is 1. The lowest BCUT2D eigenvalue weighted by Gasteiger charge is -2.38. The van der Waals surface area contributed by atoms with E-state index in [0.717, 1.165) is 39.0 Å². The Balaban J connectivity index is 1.34. The molecule has 0 bridgehead atoms. The summed E-state index contributed by atoms with van der Waals surface area (Å²) >= 11 is 7.52. The molecule has 1 amide bonds. The van der Waals surface area contributed by atoms with Crippen molar-refractivity contribution in [2.75, 3.05) is 19.6 Å². The van der Waals surface area contributed by atoms with E-state index in [1.165, 1.54) is 6.07 Å². The summed E-state index contributed by atoms with van der Waals surface area (Å²) in [5.74, 6) is 0.156. The quantitative estimate of drug-likeness (QED) is 0.597. The number of amides is 1. The minimum Gasteiger partial charge on any atom is -0.336 e. The first kappa shape index (κ1) is 21.6. The highest BCUT2D eigenvalue weighted by molar-refractivity contribution is 7.16. The van der Waals surface area contributed by atoms with Crippen molar-refractivity contribution in [3.05, 3.63) is 85.9 Å². The summed E-state index contributed by atoms with van der Waals surface area (Å²) in [5.41, 5.74) is 2.97. The maximum absolute atomic E-state index is 12.9. The molecule has 0 spiro atoms. The zero-order valence-corrected chi connectivity index (χ0v) is 18.8. The van der Waals surface area contributed by atoms with Crippen molar-refractivity contribution < 1.29 is 4.79 Å². The van der Waals surface area contributed by atoms with Gasteiger partial charge >= 0.3 is 0 Å². The third kappa shape index (κ3) is 5.34. The molecule has 7 heteroatoms. The Bertz CT molecular complexity index is 1120. The number of hydrogen-bond donors (Lipinski definition) is 1. The van der Waals surface area contributed by atoms with E-state index >= 15 is 0 Å². The summed E-state index contributed by atoms with van der Waals surface area (Å²) in [5, 5.41) is 0. The smallest absolute Gasteiger partial charge is 0.247 e. The van der Waals surface area contributed by atoms with E-state index < -0.39 is 0 Å². The largest absolute Gasteiger partial charge is 0.336 e. The van der Waals surface area contributed by atoms with Gasteiger partial charge in [0.25, 0.3) is 0 Å². The summed E-state index contributed by atoms with van der Waals surface area (Å²) in [4.78, 5) is 32.1. The number of pyridine rings is 1. The van der Waals surface area contributed by atoms with Gasteiger partial charge in [-0.15, -0.1) is 11.3 Å². The molecule has 31 heavy (non-hydrogen) atoms. The number of piperazine rings is 1. The van der Waals surface area contributed by atoms with Gasteiger partial charge < -0.3 is 9.88 Å². The molecule has 0 unspecified atom stereocenters. The maximum Gasteiger partial charge on any atom is 0.247 e. The molecule has 160 valence electrons. The monoisotopic (exact) mass is 453 g/mol. The van der Waals surface area contributed by atoms with Crippen LogP contribution >= 0.6 is 22.9 Å². The van der Waals surface area contributed by atoms with Gasteiger partial charge in [-0.2, -0.15) is 0 Å². The van der Waals surface area contributed by atoms with Crippen LogP contribution in [0.3, 0.4) is 0 Å². The molecule has 3 heterocycles. The predicted octanol–water partition coefficient (Wildman–Crippen LogP) is 4.50. The van der Waals surface area contributed by atoms with Crippen molar-refractivity contribution in [3.63, 3.8) is 0 Å². The molecule has 5 nitrogen and oxygen atoms in total. The highest BCUT2D eigenvalue weighted by Crippen LogP contribution is 2.23. The number of aromatic nitrogens is 1. The van der Waals surface area contributed by atoms with Crippen LogP contribution in [0, 0.1) is 0 Å². The van der Waals surface area contributed by atoms with Crippen LogP contribution in [0.25, 0.3) is 17.2 Å². The molecule has 0 saturated carbocycles. The van der Waals surface area contributed by atoms with Crippen molar-refractivity contribution in [1.29, 1.82) is 0 Å². The zero-order chi connectivity index (χ0) is 21.8. The zero-order valence-electron chi connectivity index (χ0n) is 17.3. The van der Waals surface area contributed by atoms with Gasteiger partial charge in [-0.05, 0) is 47.9 Å². The Morgan fingerprint density at radius 2 is 1.84 bits per heavy atom. The first-order chi connectivity index (χ1) is 15.0. The number of benzene rings is 1. The summed E-state index contributed by atoms with van der Waals surface area (Å²) in [7, 11) is 0. The van der Waals surface area contributed by atoms with Gasteiger partial charge in [-0.3, -0.25) is 14.5 Å². The Kier molecular flexibility index (Phi) is 6.70. The Morgan fingerprint density at radius 3 is 2.52 bits per heavy atom. The molecule has 1 fully saturated rings. The van der Waals surface area contributed by atoms with Gasteiger partial charge in [0.05, 0.1) is 10.4 Å². The third-order valence-corrected chi connectivity index (χ3v) is 6.73. The molecule has 1 aliphatic heterocycles. The second-order valence-corrected chi connectivity index (χ2v) is 9.36. The van der Waals surface area contributed by atoms with Crippen LogP contribution < -0.4 is 5.56 Å². The fourth-order valence-corrected chi connectivity index (χ4v) is 4.71. The number of nitrogens with one attached hydrogen (secondary N) is 1. The standard InChI is InChI=1S/C24H24ClN3O2S/c1-17-24(30)28(14-13-27(17)12-2-3-21-9-10-22(25)31-21)16-18-4-6-19(7-5-18)20-8-11-23(29)26-15-20/h2-11,15,17H,12-14,16H2,1H3,(H,26,29)/t17-/m0/s1. The second kappa shape index (κ2) is 9.64. The predicted molar refractivity (Wildman–Crippen MR) is 127 cm³/mol.